The molecule has 0 amide bonds. The molecule has 1 unspecified atom stereocenters. The Labute approximate surface area is 209 Å². The SMILES string of the molecule is CCNC(=NCCN1CCN(c2ccc(F)cc2)CC1)N1CCC(N2CCOCC2)C1.I. The van der Waals surface area contributed by atoms with Gasteiger partial charge in [0, 0.05) is 77.2 Å². The Kier molecular flexibility index (Phi) is 10.3. The zero-order valence-electron chi connectivity index (χ0n) is 19.2. The number of hydrogen-bond donors (Lipinski definition) is 1. The summed E-state index contributed by atoms with van der Waals surface area (Å²) in [7, 11) is 0. The predicted octanol–water partition coefficient (Wildman–Crippen LogP) is 1.94. The number of morpholine rings is 1. The number of anilines is 1. The zero-order chi connectivity index (χ0) is 21.5. The fraction of sp³-hybridized carbons (Fsp3) is 0.696. The lowest BCUT2D eigenvalue weighted by atomic mass is 10.2. The van der Waals surface area contributed by atoms with Crippen LogP contribution in [0.5, 0.6) is 0 Å². The lowest BCUT2D eigenvalue weighted by molar-refractivity contribution is 0.0195. The Balaban J connectivity index is 0.00000289. The van der Waals surface area contributed by atoms with Gasteiger partial charge in [-0.3, -0.25) is 14.8 Å². The molecule has 3 fully saturated rings. The molecule has 1 aromatic carbocycles. The van der Waals surface area contributed by atoms with Crippen LogP contribution < -0.4 is 10.2 Å². The predicted molar refractivity (Wildman–Crippen MR) is 139 cm³/mol. The van der Waals surface area contributed by atoms with E-state index < -0.39 is 0 Å². The maximum atomic E-state index is 13.1. The van der Waals surface area contributed by atoms with E-state index in [2.05, 4.69) is 31.8 Å². The van der Waals surface area contributed by atoms with Gasteiger partial charge in [-0.25, -0.2) is 4.39 Å². The number of aliphatic imine (C=N–C) groups is 1. The number of rotatable bonds is 6. The quantitative estimate of drug-likeness (QED) is 0.326. The smallest absolute Gasteiger partial charge is 0.194 e. The number of hydrogen-bond acceptors (Lipinski definition) is 5. The van der Waals surface area contributed by atoms with E-state index in [4.69, 9.17) is 9.73 Å². The lowest BCUT2D eigenvalue weighted by Crippen LogP contribution is -2.48. The lowest BCUT2D eigenvalue weighted by Gasteiger charge is -2.36. The maximum Gasteiger partial charge on any atom is 0.194 e. The van der Waals surface area contributed by atoms with E-state index in [9.17, 15) is 4.39 Å². The van der Waals surface area contributed by atoms with Crippen molar-refractivity contribution in [3.8, 4) is 0 Å². The summed E-state index contributed by atoms with van der Waals surface area (Å²) in [4.78, 5) is 14.8. The van der Waals surface area contributed by atoms with Crippen LogP contribution in [0.3, 0.4) is 0 Å². The molecule has 1 aromatic rings. The molecule has 32 heavy (non-hydrogen) atoms. The van der Waals surface area contributed by atoms with Gasteiger partial charge in [-0.15, -0.1) is 24.0 Å². The summed E-state index contributed by atoms with van der Waals surface area (Å²) in [6.45, 7) is 14.8. The average molecular weight is 561 g/mol. The van der Waals surface area contributed by atoms with Crippen LogP contribution in [0.15, 0.2) is 29.3 Å². The van der Waals surface area contributed by atoms with Gasteiger partial charge >= 0.3 is 0 Å². The van der Waals surface area contributed by atoms with E-state index in [-0.39, 0.29) is 29.8 Å². The van der Waals surface area contributed by atoms with Crippen LogP contribution in [0.4, 0.5) is 10.1 Å². The number of piperazine rings is 1. The standard InChI is InChI=1S/C23H37FN6O.HI/c1-2-25-23(30-9-7-22(19-30)29-15-17-31-18-16-29)26-8-10-27-11-13-28(14-12-27)21-5-3-20(24)4-6-21;/h3-6,22H,2,7-19H2,1H3,(H,25,26);1H. The first-order chi connectivity index (χ1) is 15.2. The molecule has 3 aliphatic heterocycles. The van der Waals surface area contributed by atoms with Gasteiger partial charge in [0.15, 0.2) is 5.96 Å². The van der Waals surface area contributed by atoms with Crippen LogP contribution in [-0.4, -0.2) is 112 Å². The van der Waals surface area contributed by atoms with Gasteiger partial charge < -0.3 is 19.9 Å². The van der Waals surface area contributed by atoms with E-state index in [1.807, 2.05) is 12.1 Å². The Morgan fingerprint density at radius 1 is 1.06 bits per heavy atom. The molecule has 3 heterocycles. The first-order valence-electron chi connectivity index (χ1n) is 11.8. The van der Waals surface area contributed by atoms with Crippen LogP contribution in [0.25, 0.3) is 0 Å². The molecule has 0 radical (unpaired) electrons. The molecule has 3 saturated heterocycles. The highest BCUT2D eigenvalue weighted by Crippen LogP contribution is 2.18. The maximum absolute atomic E-state index is 13.1. The van der Waals surface area contributed by atoms with Gasteiger partial charge in [-0.05, 0) is 37.6 Å². The summed E-state index contributed by atoms with van der Waals surface area (Å²) in [6.07, 6.45) is 1.20. The van der Waals surface area contributed by atoms with Crippen molar-refractivity contribution >= 4 is 35.6 Å². The summed E-state index contributed by atoms with van der Waals surface area (Å²) in [5.74, 6) is 0.884. The first-order valence-corrected chi connectivity index (χ1v) is 11.8. The molecule has 0 aliphatic carbocycles. The van der Waals surface area contributed by atoms with Gasteiger partial charge in [0.25, 0.3) is 0 Å². The van der Waals surface area contributed by atoms with E-state index >= 15 is 0 Å². The van der Waals surface area contributed by atoms with Crippen molar-refractivity contribution in [3.05, 3.63) is 30.1 Å². The van der Waals surface area contributed by atoms with Crippen molar-refractivity contribution in [1.82, 2.24) is 20.0 Å². The highest BCUT2D eigenvalue weighted by molar-refractivity contribution is 14.0. The Morgan fingerprint density at radius 2 is 1.78 bits per heavy atom. The van der Waals surface area contributed by atoms with Crippen LogP contribution in [0.1, 0.15) is 13.3 Å². The van der Waals surface area contributed by atoms with E-state index in [1.165, 1.54) is 6.42 Å². The molecule has 0 bridgehead atoms. The number of halogens is 2. The van der Waals surface area contributed by atoms with Gasteiger partial charge in [0.05, 0.1) is 19.8 Å². The third-order valence-corrected chi connectivity index (χ3v) is 6.60. The highest BCUT2D eigenvalue weighted by Gasteiger charge is 2.30. The second-order valence-electron chi connectivity index (χ2n) is 8.58. The third-order valence-electron chi connectivity index (χ3n) is 6.60. The Morgan fingerprint density at radius 3 is 2.47 bits per heavy atom. The van der Waals surface area contributed by atoms with Gasteiger partial charge in [-0.1, -0.05) is 0 Å². The second kappa shape index (κ2) is 12.9. The van der Waals surface area contributed by atoms with Crippen LogP contribution in [0, 0.1) is 5.82 Å². The van der Waals surface area contributed by atoms with Crippen LogP contribution >= 0.6 is 24.0 Å². The van der Waals surface area contributed by atoms with Crippen molar-refractivity contribution in [1.29, 1.82) is 0 Å². The van der Waals surface area contributed by atoms with Gasteiger partial charge in [0.2, 0.25) is 0 Å². The summed E-state index contributed by atoms with van der Waals surface area (Å²) >= 11 is 0. The van der Waals surface area contributed by atoms with Crippen LogP contribution in [0.2, 0.25) is 0 Å². The minimum absolute atomic E-state index is 0. The molecule has 9 heteroatoms. The van der Waals surface area contributed by atoms with Crippen molar-refractivity contribution in [2.45, 2.75) is 19.4 Å². The summed E-state index contributed by atoms with van der Waals surface area (Å²) in [5, 5.41) is 3.49. The fourth-order valence-corrected chi connectivity index (χ4v) is 4.78. The monoisotopic (exact) mass is 560 g/mol. The second-order valence-corrected chi connectivity index (χ2v) is 8.58. The van der Waals surface area contributed by atoms with Crippen molar-refractivity contribution < 1.29 is 9.13 Å². The van der Waals surface area contributed by atoms with Gasteiger partial charge in [0.1, 0.15) is 5.82 Å². The molecule has 0 saturated carbocycles. The Hall–Kier alpha value is -1.17. The Bertz CT molecular complexity index is 707. The number of guanidine groups is 1. The van der Waals surface area contributed by atoms with Crippen LogP contribution in [-0.2, 0) is 4.74 Å². The zero-order valence-corrected chi connectivity index (χ0v) is 21.5. The summed E-state index contributed by atoms with van der Waals surface area (Å²) in [5.41, 5.74) is 1.11. The minimum Gasteiger partial charge on any atom is -0.379 e. The number of ether oxygens (including phenoxy) is 1. The van der Waals surface area contributed by atoms with E-state index in [0.29, 0.717) is 6.04 Å². The fourth-order valence-electron chi connectivity index (χ4n) is 4.78. The molecular weight excluding hydrogens is 522 g/mol. The molecule has 1 atom stereocenters. The molecule has 0 aromatic heterocycles. The number of nitrogens with zero attached hydrogens (tertiary/aromatic N) is 5. The summed E-state index contributed by atoms with van der Waals surface area (Å²) in [6, 6.07) is 7.45. The van der Waals surface area contributed by atoms with E-state index in [1.54, 1.807) is 12.1 Å². The molecular formula is C23H38FIN6O. The molecule has 0 spiro atoms. The largest absolute Gasteiger partial charge is 0.379 e. The number of benzene rings is 1. The molecule has 7 nitrogen and oxygen atoms in total. The molecule has 180 valence electrons. The van der Waals surface area contributed by atoms with Crippen molar-refractivity contribution in [2.24, 2.45) is 4.99 Å². The first kappa shape index (κ1) is 25.5. The molecule has 3 aliphatic rings. The topological polar surface area (TPSA) is 46.6 Å². The van der Waals surface area contributed by atoms with E-state index in [0.717, 1.165) is 96.9 Å². The van der Waals surface area contributed by atoms with Crippen molar-refractivity contribution in [3.63, 3.8) is 0 Å². The molecule has 1 N–H and O–H groups in total. The number of likely N-dealkylation sites (tertiary alicyclic amines) is 1. The van der Waals surface area contributed by atoms with Gasteiger partial charge in [-0.2, -0.15) is 0 Å². The number of nitrogens with one attached hydrogen (secondary N) is 1. The summed E-state index contributed by atoms with van der Waals surface area (Å²) < 4.78 is 18.7. The average Bonchev–Trinajstić information content (AvgIpc) is 3.30. The highest BCUT2D eigenvalue weighted by atomic mass is 127. The molecule has 4 rings (SSSR count). The normalized spacial score (nSPS) is 23.3. The minimum atomic E-state index is -0.175. The third kappa shape index (κ3) is 6.91. The van der Waals surface area contributed by atoms with Crippen molar-refractivity contribution in [2.75, 3.05) is 90.1 Å².